The second-order valence-corrected chi connectivity index (χ2v) is 3.58. The number of esters is 1. The van der Waals surface area contributed by atoms with Gasteiger partial charge >= 0.3 is 5.97 Å². The Kier molecular flexibility index (Phi) is 4.78. The number of ether oxygens (including phenoxy) is 2. The third kappa shape index (κ3) is 2.65. The number of hydrogen-bond acceptors (Lipinski definition) is 6. The molecule has 0 saturated heterocycles. The maximum absolute atomic E-state index is 11.5. The largest absolute Gasteiger partial charge is 0.464 e. The minimum absolute atomic E-state index is 0.0269. The third-order valence-corrected chi connectivity index (χ3v) is 2.46. The average Bonchev–Trinajstić information content (AvgIpc) is 2.73. The first-order chi connectivity index (χ1) is 8.56. The molecule has 8 heteroatoms. The summed E-state index contributed by atoms with van der Waals surface area (Å²) in [5.74, 6) is -1.18. The topological polar surface area (TPSA) is 109 Å². The normalized spacial score (nSPS) is 12.2. The Morgan fingerprint density at radius 1 is 1.44 bits per heavy atom. The summed E-state index contributed by atoms with van der Waals surface area (Å²) in [7, 11) is 2.70. The molecule has 0 spiro atoms. The highest BCUT2D eigenvalue weighted by atomic mass is 16.5. The number of carbonyl (C=O) groups excluding carboxylic acids is 2. The number of hydrogen-bond donors (Lipinski definition) is 1. The molecule has 18 heavy (non-hydrogen) atoms. The van der Waals surface area contributed by atoms with Crippen LogP contribution in [0.1, 0.15) is 35.6 Å². The van der Waals surface area contributed by atoms with Crippen LogP contribution in [0, 0.1) is 0 Å². The van der Waals surface area contributed by atoms with Gasteiger partial charge in [-0.3, -0.25) is 4.79 Å². The van der Waals surface area contributed by atoms with Crippen LogP contribution in [0.25, 0.3) is 0 Å². The summed E-state index contributed by atoms with van der Waals surface area (Å²) in [6, 6.07) is -0.666. The van der Waals surface area contributed by atoms with Crippen molar-refractivity contribution in [3.8, 4) is 0 Å². The van der Waals surface area contributed by atoms with Gasteiger partial charge in [0, 0.05) is 7.11 Å². The van der Waals surface area contributed by atoms with Gasteiger partial charge < -0.3 is 15.2 Å². The SMILES string of the molecule is CCC(C(N)=O)n1nnc(C(=O)OC)c1COC. The predicted molar refractivity (Wildman–Crippen MR) is 60.6 cm³/mol. The summed E-state index contributed by atoms with van der Waals surface area (Å²) >= 11 is 0. The van der Waals surface area contributed by atoms with Crippen molar-refractivity contribution in [2.24, 2.45) is 5.73 Å². The molecule has 0 aromatic carbocycles. The molecule has 0 aliphatic carbocycles. The lowest BCUT2D eigenvalue weighted by molar-refractivity contribution is -0.121. The lowest BCUT2D eigenvalue weighted by Gasteiger charge is -2.13. The van der Waals surface area contributed by atoms with Crippen LogP contribution in [0.15, 0.2) is 0 Å². The van der Waals surface area contributed by atoms with E-state index < -0.39 is 17.9 Å². The van der Waals surface area contributed by atoms with Crippen molar-refractivity contribution in [2.75, 3.05) is 14.2 Å². The lowest BCUT2D eigenvalue weighted by atomic mass is 10.2. The molecule has 0 saturated carbocycles. The van der Waals surface area contributed by atoms with E-state index in [1.165, 1.54) is 18.9 Å². The molecule has 1 atom stereocenters. The van der Waals surface area contributed by atoms with Crippen molar-refractivity contribution in [3.63, 3.8) is 0 Å². The molecule has 0 bridgehead atoms. The zero-order valence-corrected chi connectivity index (χ0v) is 10.5. The van der Waals surface area contributed by atoms with Gasteiger partial charge in [0.25, 0.3) is 0 Å². The van der Waals surface area contributed by atoms with E-state index in [-0.39, 0.29) is 12.3 Å². The first kappa shape index (κ1) is 14.1. The van der Waals surface area contributed by atoms with Crippen molar-refractivity contribution in [1.82, 2.24) is 15.0 Å². The zero-order valence-electron chi connectivity index (χ0n) is 10.5. The summed E-state index contributed by atoms with van der Waals surface area (Å²) in [4.78, 5) is 22.8. The number of carbonyl (C=O) groups is 2. The first-order valence-electron chi connectivity index (χ1n) is 5.37. The third-order valence-electron chi connectivity index (χ3n) is 2.46. The fourth-order valence-electron chi connectivity index (χ4n) is 1.58. The summed E-state index contributed by atoms with van der Waals surface area (Å²) < 4.78 is 10.9. The Morgan fingerprint density at radius 2 is 2.11 bits per heavy atom. The maximum atomic E-state index is 11.5. The van der Waals surface area contributed by atoms with Crippen LogP contribution in [-0.2, 0) is 20.9 Å². The molecule has 0 radical (unpaired) electrons. The van der Waals surface area contributed by atoms with Crippen LogP contribution >= 0.6 is 0 Å². The molecule has 2 N–H and O–H groups in total. The number of amides is 1. The van der Waals surface area contributed by atoms with E-state index in [1.807, 2.05) is 0 Å². The minimum atomic E-state index is -0.666. The van der Waals surface area contributed by atoms with E-state index in [0.29, 0.717) is 12.1 Å². The number of nitrogens with zero attached hydrogens (tertiary/aromatic N) is 3. The number of aromatic nitrogens is 3. The predicted octanol–water partition coefficient (Wildman–Crippen LogP) is -0.352. The van der Waals surface area contributed by atoms with Crippen molar-refractivity contribution >= 4 is 11.9 Å². The molecular formula is C10H16N4O4. The van der Waals surface area contributed by atoms with Crippen LogP contribution in [0.2, 0.25) is 0 Å². The molecular weight excluding hydrogens is 240 g/mol. The van der Waals surface area contributed by atoms with Gasteiger partial charge in [-0.15, -0.1) is 5.10 Å². The Bertz CT molecular complexity index is 443. The van der Waals surface area contributed by atoms with Gasteiger partial charge in [0.05, 0.1) is 13.7 Å². The second kappa shape index (κ2) is 6.10. The highest BCUT2D eigenvalue weighted by molar-refractivity contribution is 5.88. The van der Waals surface area contributed by atoms with Gasteiger partial charge in [-0.05, 0) is 6.42 Å². The van der Waals surface area contributed by atoms with Crippen molar-refractivity contribution in [3.05, 3.63) is 11.4 Å². The fourth-order valence-corrected chi connectivity index (χ4v) is 1.58. The summed E-state index contributed by atoms with van der Waals surface area (Å²) in [6.45, 7) is 1.87. The summed E-state index contributed by atoms with van der Waals surface area (Å²) in [5, 5.41) is 7.49. The minimum Gasteiger partial charge on any atom is -0.464 e. The monoisotopic (exact) mass is 256 g/mol. The van der Waals surface area contributed by atoms with Gasteiger partial charge in [0.15, 0.2) is 5.69 Å². The van der Waals surface area contributed by atoms with Gasteiger partial charge in [-0.2, -0.15) is 0 Å². The van der Waals surface area contributed by atoms with Gasteiger partial charge in [-0.1, -0.05) is 12.1 Å². The number of rotatable bonds is 6. The number of nitrogens with two attached hydrogens (primary N) is 1. The van der Waals surface area contributed by atoms with E-state index >= 15 is 0 Å². The number of methoxy groups -OCH3 is 2. The van der Waals surface area contributed by atoms with Crippen LogP contribution in [-0.4, -0.2) is 41.1 Å². The quantitative estimate of drug-likeness (QED) is 0.696. The molecule has 100 valence electrons. The Hall–Kier alpha value is -1.96. The molecule has 1 unspecified atom stereocenters. The van der Waals surface area contributed by atoms with Crippen molar-refractivity contribution in [1.29, 1.82) is 0 Å². The standard InChI is InChI=1S/C10H16N4O4/c1-4-6(9(11)15)14-7(5-17-2)8(12-13-14)10(16)18-3/h6H,4-5H2,1-3H3,(H2,11,15). The van der Waals surface area contributed by atoms with E-state index in [4.69, 9.17) is 10.5 Å². The molecule has 0 fully saturated rings. The van der Waals surface area contributed by atoms with Gasteiger partial charge in [0.1, 0.15) is 11.7 Å². The fraction of sp³-hybridized carbons (Fsp3) is 0.600. The Balaban J connectivity index is 3.23. The van der Waals surface area contributed by atoms with E-state index in [9.17, 15) is 9.59 Å². The van der Waals surface area contributed by atoms with Gasteiger partial charge in [0.2, 0.25) is 5.91 Å². The van der Waals surface area contributed by atoms with Crippen molar-refractivity contribution < 1.29 is 19.1 Å². The summed E-state index contributed by atoms with van der Waals surface area (Å²) in [5.41, 5.74) is 5.67. The molecule has 0 aliphatic rings. The zero-order chi connectivity index (χ0) is 13.7. The second-order valence-electron chi connectivity index (χ2n) is 3.58. The first-order valence-corrected chi connectivity index (χ1v) is 5.37. The molecule has 1 aromatic rings. The summed E-state index contributed by atoms with van der Waals surface area (Å²) in [6.07, 6.45) is 0.440. The molecule has 0 aliphatic heterocycles. The lowest BCUT2D eigenvalue weighted by Crippen LogP contribution is -2.28. The molecule has 1 amide bonds. The molecule has 1 heterocycles. The van der Waals surface area contributed by atoms with E-state index in [0.717, 1.165) is 0 Å². The van der Waals surface area contributed by atoms with E-state index in [1.54, 1.807) is 6.92 Å². The Labute approximate surface area is 104 Å². The highest BCUT2D eigenvalue weighted by Crippen LogP contribution is 2.16. The van der Waals surface area contributed by atoms with Crippen LogP contribution in [0.5, 0.6) is 0 Å². The average molecular weight is 256 g/mol. The van der Waals surface area contributed by atoms with E-state index in [2.05, 4.69) is 15.0 Å². The van der Waals surface area contributed by atoms with Crippen LogP contribution < -0.4 is 5.73 Å². The number of primary amides is 1. The Morgan fingerprint density at radius 3 is 2.56 bits per heavy atom. The maximum Gasteiger partial charge on any atom is 0.360 e. The van der Waals surface area contributed by atoms with Crippen LogP contribution in [0.4, 0.5) is 0 Å². The molecule has 1 aromatic heterocycles. The van der Waals surface area contributed by atoms with Crippen molar-refractivity contribution in [2.45, 2.75) is 26.0 Å². The smallest absolute Gasteiger partial charge is 0.360 e. The highest BCUT2D eigenvalue weighted by Gasteiger charge is 2.26. The van der Waals surface area contributed by atoms with Crippen LogP contribution in [0.3, 0.4) is 0 Å². The van der Waals surface area contributed by atoms with Gasteiger partial charge in [-0.25, -0.2) is 9.48 Å². The molecule has 1 rings (SSSR count). The molecule has 8 nitrogen and oxygen atoms in total.